The molecular formula is C21H20FN3O2. The number of aromatic amines is 1. The second-order valence-electron chi connectivity index (χ2n) is 6.95. The number of H-pyrrole nitrogens is 1. The average Bonchev–Trinajstić information content (AvgIpc) is 2.81. The third kappa shape index (κ3) is 2.97. The van der Waals surface area contributed by atoms with Crippen molar-refractivity contribution >= 4 is 22.5 Å². The van der Waals surface area contributed by atoms with Crippen molar-refractivity contribution in [3.05, 3.63) is 75.3 Å². The Kier molecular flexibility index (Phi) is 4.18. The van der Waals surface area contributed by atoms with E-state index in [1.54, 1.807) is 11.8 Å². The normalized spacial score (nSPS) is 14.2. The predicted octanol–water partition coefficient (Wildman–Crippen LogP) is 3.07. The van der Waals surface area contributed by atoms with Crippen molar-refractivity contribution in [2.75, 3.05) is 25.0 Å². The molecule has 0 fully saturated rings. The van der Waals surface area contributed by atoms with Crippen molar-refractivity contribution in [2.24, 2.45) is 0 Å². The number of aryl methyl sites for hydroxylation is 1. The number of fused-ring (bicyclic) bond motifs is 2. The van der Waals surface area contributed by atoms with Gasteiger partial charge in [-0.3, -0.25) is 9.59 Å². The third-order valence-electron chi connectivity index (χ3n) is 5.14. The van der Waals surface area contributed by atoms with Crippen LogP contribution in [0.4, 0.5) is 10.1 Å². The van der Waals surface area contributed by atoms with Gasteiger partial charge in [0.15, 0.2) is 0 Å². The largest absolute Gasteiger partial charge is 0.373 e. The number of halogens is 1. The van der Waals surface area contributed by atoms with Crippen LogP contribution in [0.2, 0.25) is 0 Å². The lowest BCUT2D eigenvalue weighted by Gasteiger charge is -2.21. The van der Waals surface area contributed by atoms with Crippen LogP contribution in [0.3, 0.4) is 0 Å². The molecule has 0 aliphatic carbocycles. The van der Waals surface area contributed by atoms with E-state index in [1.165, 1.54) is 18.3 Å². The van der Waals surface area contributed by atoms with Crippen LogP contribution in [0.5, 0.6) is 0 Å². The fourth-order valence-corrected chi connectivity index (χ4v) is 3.66. The van der Waals surface area contributed by atoms with Crippen LogP contribution in [0, 0.1) is 12.7 Å². The Bertz CT molecular complexity index is 1110. The standard InChI is InChI=1S/C21H20FN3O2/c1-13-9-15(22)10-16-19(13)23-11-17(20(16)26)21(27)25-8-7-24(2)18-6-4-3-5-14(18)12-25/h3-6,9-11H,7-8,12H2,1-2H3,(H,23,26). The van der Waals surface area contributed by atoms with Gasteiger partial charge in [-0.25, -0.2) is 4.39 Å². The minimum atomic E-state index is -0.486. The summed E-state index contributed by atoms with van der Waals surface area (Å²) >= 11 is 0. The van der Waals surface area contributed by atoms with Gasteiger partial charge < -0.3 is 14.8 Å². The number of rotatable bonds is 1. The number of anilines is 1. The van der Waals surface area contributed by atoms with Crippen LogP contribution in [0.15, 0.2) is 47.4 Å². The number of carbonyl (C=O) groups excluding carboxylic acids is 1. The number of benzene rings is 2. The molecule has 27 heavy (non-hydrogen) atoms. The quantitative estimate of drug-likeness (QED) is 0.721. The Labute approximate surface area is 156 Å². The van der Waals surface area contributed by atoms with Crippen LogP contribution < -0.4 is 10.3 Å². The van der Waals surface area contributed by atoms with E-state index < -0.39 is 11.2 Å². The van der Waals surface area contributed by atoms with Gasteiger partial charge in [-0.15, -0.1) is 0 Å². The van der Waals surface area contributed by atoms with E-state index >= 15 is 0 Å². The Hall–Kier alpha value is -3.15. The van der Waals surface area contributed by atoms with Crippen LogP contribution in [-0.2, 0) is 6.54 Å². The summed E-state index contributed by atoms with van der Waals surface area (Å²) in [6.45, 7) is 3.33. The number of hydrogen-bond donors (Lipinski definition) is 1. The molecule has 138 valence electrons. The molecule has 0 saturated carbocycles. The number of pyridine rings is 1. The number of likely N-dealkylation sites (N-methyl/N-ethyl adjacent to an activating group) is 1. The lowest BCUT2D eigenvalue weighted by atomic mass is 10.1. The minimum Gasteiger partial charge on any atom is -0.373 e. The van der Waals surface area contributed by atoms with Crippen LogP contribution in [0.1, 0.15) is 21.5 Å². The van der Waals surface area contributed by atoms with Gasteiger partial charge in [0.1, 0.15) is 11.4 Å². The monoisotopic (exact) mass is 365 g/mol. The number of amides is 1. The van der Waals surface area contributed by atoms with Gasteiger partial charge in [-0.1, -0.05) is 18.2 Å². The van der Waals surface area contributed by atoms with Crippen molar-refractivity contribution in [2.45, 2.75) is 13.5 Å². The van der Waals surface area contributed by atoms with Crippen LogP contribution in [-0.4, -0.2) is 35.9 Å². The van der Waals surface area contributed by atoms with E-state index in [0.717, 1.165) is 11.3 Å². The Morgan fingerprint density at radius 2 is 1.96 bits per heavy atom. The zero-order valence-electron chi connectivity index (χ0n) is 15.3. The molecule has 0 unspecified atom stereocenters. The van der Waals surface area contributed by atoms with Crippen molar-refractivity contribution in [1.82, 2.24) is 9.88 Å². The van der Waals surface area contributed by atoms with Gasteiger partial charge in [-0.2, -0.15) is 0 Å². The zero-order valence-corrected chi connectivity index (χ0v) is 15.3. The zero-order chi connectivity index (χ0) is 19.1. The van der Waals surface area contributed by atoms with Crippen LogP contribution >= 0.6 is 0 Å². The summed E-state index contributed by atoms with van der Waals surface area (Å²) in [5, 5.41) is 0.200. The van der Waals surface area contributed by atoms with Gasteiger partial charge in [0.2, 0.25) is 5.43 Å². The molecule has 0 bridgehead atoms. The second-order valence-corrected chi connectivity index (χ2v) is 6.95. The summed E-state index contributed by atoms with van der Waals surface area (Å²) < 4.78 is 13.8. The molecule has 0 atom stereocenters. The first kappa shape index (κ1) is 17.3. The molecule has 5 nitrogen and oxygen atoms in total. The highest BCUT2D eigenvalue weighted by atomic mass is 19.1. The third-order valence-corrected chi connectivity index (χ3v) is 5.14. The van der Waals surface area contributed by atoms with E-state index in [0.29, 0.717) is 30.7 Å². The molecule has 6 heteroatoms. The molecule has 3 aromatic rings. The van der Waals surface area contributed by atoms with E-state index in [-0.39, 0.29) is 16.9 Å². The molecular weight excluding hydrogens is 345 g/mol. The lowest BCUT2D eigenvalue weighted by Crippen LogP contribution is -2.36. The SMILES string of the molecule is Cc1cc(F)cc2c(=O)c(C(=O)N3CCN(C)c4ccccc4C3)c[nH]c12. The van der Waals surface area contributed by atoms with Crippen molar-refractivity contribution < 1.29 is 9.18 Å². The molecule has 0 spiro atoms. The summed E-state index contributed by atoms with van der Waals surface area (Å²) in [5.41, 5.74) is 2.89. The summed E-state index contributed by atoms with van der Waals surface area (Å²) in [5.74, 6) is -0.828. The molecule has 2 heterocycles. The van der Waals surface area contributed by atoms with E-state index in [4.69, 9.17) is 0 Å². The van der Waals surface area contributed by atoms with Gasteiger partial charge in [0.25, 0.3) is 5.91 Å². The number of para-hydroxylation sites is 1. The highest BCUT2D eigenvalue weighted by molar-refractivity contribution is 5.97. The van der Waals surface area contributed by atoms with Gasteiger partial charge in [0.05, 0.1) is 5.52 Å². The molecule has 1 aliphatic heterocycles. The van der Waals surface area contributed by atoms with Gasteiger partial charge in [-0.05, 0) is 36.2 Å². The highest BCUT2D eigenvalue weighted by Gasteiger charge is 2.24. The second kappa shape index (κ2) is 6.54. The highest BCUT2D eigenvalue weighted by Crippen LogP contribution is 2.24. The lowest BCUT2D eigenvalue weighted by molar-refractivity contribution is 0.0750. The molecule has 0 saturated heterocycles. The summed E-state index contributed by atoms with van der Waals surface area (Å²) in [4.78, 5) is 32.7. The fourth-order valence-electron chi connectivity index (χ4n) is 3.66. The molecule has 0 radical (unpaired) electrons. The minimum absolute atomic E-state index is 0.0366. The van der Waals surface area contributed by atoms with E-state index in [1.807, 2.05) is 31.3 Å². The summed E-state index contributed by atoms with van der Waals surface area (Å²) in [7, 11) is 1.99. The predicted molar refractivity (Wildman–Crippen MR) is 104 cm³/mol. The molecule has 1 N–H and O–H groups in total. The maximum Gasteiger partial charge on any atom is 0.259 e. The molecule has 4 rings (SSSR count). The van der Waals surface area contributed by atoms with Gasteiger partial charge in [0, 0.05) is 44.0 Å². The topological polar surface area (TPSA) is 56.4 Å². The molecule has 1 amide bonds. The summed E-state index contributed by atoms with van der Waals surface area (Å²) in [6.07, 6.45) is 1.44. The fraction of sp³-hybridized carbons (Fsp3) is 0.238. The van der Waals surface area contributed by atoms with Gasteiger partial charge >= 0.3 is 0 Å². The van der Waals surface area contributed by atoms with E-state index in [2.05, 4.69) is 9.88 Å². The Balaban J connectivity index is 1.75. The first-order valence-electron chi connectivity index (χ1n) is 8.85. The van der Waals surface area contributed by atoms with Crippen molar-refractivity contribution in [1.29, 1.82) is 0 Å². The maximum atomic E-state index is 13.8. The number of nitrogens with one attached hydrogen (secondary N) is 1. The van der Waals surface area contributed by atoms with E-state index in [9.17, 15) is 14.0 Å². The summed E-state index contributed by atoms with van der Waals surface area (Å²) in [6, 6.07) is 10.5. The number of aromatic nitrogens is 1. The maximum absolute atomic E-state index is 13.8. The van der Waals surface area contributed by atoms with Crippen LogP contribution in [0.25, 0.3) is 10.9 Å². The number of carbonyl (C=O) groups is 1. The smallest absolute Gasteiger partial charge is 0.259 e. The first-order chi connectivity index (χ1) is 13.0. The molecule has 1 aliphatic rings. The van der Waals surface area contributed by atoms with Crippen molar-refractivity contribution in [3.63, 3.8) is 0 Å². The molecule has 1 aromatic heterocycles. The number of hydrogen-bond acceptors (Lipinski definition) is 3. The average molecular weight is 365 g/mol. The molecule has 2 aromatic carbocycles. The Morgan fingerprint density at radius 1 is 1.19 bits per heavy atom. The first-order valence-corrected chi connectivity index (χ1v) is 8.85. The number of nitrogens with zero attached hydrogens (tertiary/aromatic N) is 2. The Morgan fingerprint density at radius 3 is 2.78 bits per heavy atom. The van der Waals surface area contributed by atoms with Crippen molar-refractivity contribution in [3.8, 4) is 0 Å².